The number of rotatable bonds is 5. The van der Waals surface area contributed by atoms with Crippen LogP contribution in [-0.2, 0) is 0 Å². The molecule has 15 heavy (non-hydrogen) atoms. The molecule has 1 rings (SSSR count). The Bertz CT molecular complexity index is 191. The lowest BCUT2D eigenvalue weighted by molar-refractivity contribution is -0.0817. The van der Waals surface area contributed by atoms with Crippen LogP contribution in [0.1, 0.15) is 0 Å². The molecule has 0 unspecified atom stereocenters. The molecule has 4 atom stereocenters. The summed E-state index contributed by atoms with van der Waals surface area (Å²) < 4.78 is 0.0422. The minimum absolute atomic E-state index is 0.0422. The Labute approximate surface area is 97.1 Å². The topological polar surface area (TPSA) is 107 Å². The Morgan fingerprint density at radius 1 is 1.13 bits per heavy atom. The van der Waals surface area contributed by atoms with Crippen molar-refractivity contribution in [3.05, 3.63) is 0 Å². The van der Waals surface area contributed by atoms with Crippen LogP contribution in [0.5, 0.6) is 0 Å². The van der Waals surface area contributed by atoms with Crippen LogP contribution in [0.15, 0.2) is 0 Å². The highest BCUT2D eigenvalue weighted by molar-refractivity contribution is 8.20. The zero-order valence-corrected chi connectivity index (χ0v) is 9.82. The summed E-state index contributed by atoms with van der Waals surface area (Å²) in [5.41, 5.74) is 5.77. The van der Waals surface area contributed by atoms with E-state index in [0.29, 0.717) is 0 Å². The molecule has 0 aliphatic carbocycles. The van der Waals surface area contributed by atoms with Gasteiger partial charge < -0.3 is 26.2 Å². The molecular weight excluding hydrogens is 238 g/mol. The molecule has 0 radical (unpaired) electrons. The van der Waals surface area contributed by atoms with Gasteiger partial charge in [-0.2, -0.15) is 0 Å². The normalized spacial score (nSPS) is 26.2. The summed E-state index contributed by atoms with van der Waals surface area (Å²) in [7, 11) is 0. The number of aliphatic hydroxyl groups excluding tert-OH is 4. The third-order valence-electron chi connectivity index (χ3n) is 2.29. The molecule has 0 saturated carbocycles. The monoisotopic (exact) mass is 255 g/mol. The summed E-state index contributed by atoms with van der Waals surface area (Å²) in [6.45, 7) is -0.587. The molecule has 90 valence electrons. The molecule has 0 aromatic carbocycles. The van der Waals surface area contributed by atoms with Gasteiger partial charge in [-0.15, -0.1) is 23.5 Å². The fraction of sp³-hybridized carbons (Fsp3) is 1.00. The summed E-state index contributed by atoms with van der Waals surface area (Å²) in [4.78, 5) is 0. The molecule has 6 N–H and O–H groups in total. The van der Waals surface area contributed by atoms with Crippen molar-refractivity contribution >= 4 is 23.5 Å². The predicted octanol–water partition coefficient (Wildman–Crippen LogP) is -1.81. The Morgan fingerprint density at radius 2 is 1.67 bits per heavy atom. The maximum Gasteiger partial charge on any atom is 0.110 e. The largest absolute Gasteiger partial charge is 0.394 e. The predicted molar refractivity (Wildman–Crippen MR) is 61.8 cm³/mol. The van der Waals surface area contributed by atoms with E-state index >= 15 is 0 Å². The third kappa shape index (κ3) is 3.48. The fourth-order valence-corrected chi connectivity index (χ4v) is 4.29. The number of thioether (sulfide) groups is 2. The van der Waals surface area contributed by atoms with Crippen LogP contribution >= 0.6 is 23.5 Å². The van der Waals surface area contributed by atoms with E-state index in [9.17, 15) is 10.2 Å². The number of hydrogen-bond donors (Lipinski definition) is 5. The molecule has 0 bridgehead atoms. The van der Waals surface area contributed by atoms with Crippen molar-refractivity contribution in [1.82, 2.24) is 0 Å². The highest BCUT2D eigenvalue weighted by Crippen LogP contribution is 2.35. The zero-order chi connectivity index (χ0) is 11.4. The molecule has 5 nitrogen and oxygen atoms in total. The van der Waals surface area contributed by atoms with Gasteiger partial charge in [0.15, 0.2) is 0 Å². The highest BCUT2D eigenvalue weighted by atomic mass is 32.2. The van der Waals surface area contributed by atoms with Crippen molar-refractivity contribution in [1.29, 1.82) is 0 Å². The second kappa shape index (κ2) is 6.29. The van der Waals surface area contributed by atoms with Crippen LogP contribution in [0.3, 0.4) is 0 Å². The minimum Gasteiger partial charge on any atom is -0.394 e. The van der Waals surface area contributed by atoms with Crippen molar-refractivity contribution in [2.75, 3.05) is 18.1 Å². The van der Waals surface area contributed by atoms with E-state index < -0.39 is 31.0 Å². The van der Waals surface area contributed by atoms with Crippen LogP contribution in [0.4, 0.5) is 0 Å². The van der Waals surface area contributed by atoms with E-state index in [1.807, 2.05) is 0 Å². The van der Waals surface area contributed by atoms with Crippen LogP contribution in [-0.4, -0.2) is 67.5 Å². The number of aliphatic hydroxyl groups is 4. The van der Waals surface area contributed by atoms with Gasteiger partial charge in [0, 0.05) is 11.5 Å². The molecule has 1 heterocycles. The SMILES string of the molecule is N[C@H](C1SCCS1)[C@H](O)[C@H](O)[C@H](O)CO. The molecule has 0 aromatic heterocycles. The zero-order valence-electron chi connectivity index (χ0n) is 8.19. The Balaban J connectivity index is 2.46. The van der Waals surface area contributed by atoms with E-state index in [1.165, 1.54) is 0 Å². The maximum atomic E-state index is 9.68. The summed E-state index contributed by atoms with van der Waals surface area (Å²) in [6.07, 6.45) is -3.95. The average Bonchev–Trinajstić information content (AvgIpc) is 2.78. The number of hydrogen-bond acceptors (Lipinski definition) is 7. The molecule has 1 saturated heterocycles. The summed E-state index contributed by atoms with van der Waals surface area (Å²) in [6, 6.07) is -0.598. The first kappa shape index (κ1) is 13.6. The quantitative estimate of drug-likeness (QED) is 0.394. The Kier molecular flexibility index (Phi) is 5.69. The summed E-state index contributed by atoms with van der Waals surface area (Å²) in [5.74, 6) is 1.96. The van der Waals surface area contributed by atoms with Gasteiger partial charge in [0.2, 0.25) is 0 Å². The summed E-state index contributed by atoms with van der Waals surface area (Å²) in [5, 5.41) is 36.9. The fourth-order valence-electron chi connectivity index (χ4n) is 1.32. The molecule has 1 aliphatic heterocycles. The summed E-state index contributed by atoms with van der Waals surface area (Å²) >= 11 is 3.28. The lowest BCUT2D eigenvalue weighted by atomic mass is 10.0. The standard InChI is InChI=1S/C8H17NO4S2/c9-5(8-14-1-2-15-8)7(13)6(12)4(11)3-10/h4-8,10-13H,1-3,9H2/t4-,5+,6-,7+/m1/s1. The van der Waals surface area contributed by atoms with E-state index in [2.05, 4.69) is 0 Å². The molecule has 1 fully saturated rings. The van der Waals surface area contributed by atoms with E-state index in [-0.39, 0.29) is 4.58 Å². The third-order valence-corrected chi connectivity index (χ3v) is 5.53. The first-order valence-electron chi connectivity index (χ1n) is 4.71. The Morgan fingerprint density at radius 3 is 2.13 bits per heavy atom. The van der Waals surface area contributed by atoms with Gasteiger partial charge in [-0.3, -0.25) is 0 Å². The first-order chi connectivity index (χ1) is 7.07. The Hall–Kier alpha value is 0.500. The van der Waals surface area contributed by atoms with Gasteiger partial charge in [-0.25, -0.2) is 0 Å². The van der Waals surface area contributed by atoms with Crippen LogP contribution in [0.2, 0.25) is 0 Å². The second-order valence-corrected chi connectivity index (χ2v) is 6.22. The first-order valence-corrected chi connectivity index (χ1v) is 6.81. The second-order valence-electron chi connectivity index (χ2n) is 3.42. The highest BCUT2D eigenvalue weighted by Gasteiger charge is 2.35. The van der Waals surface area contributed by atoms with Crippen LogP contribution in [0, 0.1) is 0 Å². The maximum absolute atomic E-state index is 9.68. The van der Waals surface area contributed by atoms with E-state index in [1.54, 1.807) is 23.5 Å². The van der Waals surface area contributed by atoms with E-state index in [4.69, 9.17) is 15.9 Å². The molecule has 0 amide bonds. The molecule has 1 aliphatic rings. The lowest BCUT2D eigenvalue weighted by Gasteiger charge is -2.29. The van der Waals surface area contributed by atoms with Crippen molar-refractivity contribution < 1.29 is 20.4 Å². The lowest BCUT2D eigenvalue weighted by Crippen LogP contribution is -2.52. The molecular formula is C8H17NO4S2. The minimum atomic E-state index is -1.40. The van der Waals surface area contributed by atoms with Gasteiger partial charge in [0.1, 0.15) is 12.2 Å². The molecule has 0 spiro atoms. The van der Waals surface area contributed by atoms with Crippen molar-refractivity contribution in [3.8, 4) is 0 Å². The molecule has 0 aromatic rings. The van der Waals surface area contributed by atoms with Crippen molar-refractivity contribution in [2.24, 2.45) is 5.73 Å². The van der Waals surface area contributed by atoms with Crippen molar-refractivity contribution in [3.63, 3.8) is 0 Å². The van der Waals surface area contributed by atoms with Gasteiger partial charge in [0.05, 0.1) is 23.3 Å². The van der Waals surface area contributed by atoms with Crippen molar-refractivity contribution in [2.45, 2.75) is 28.9 Å². The molecule has 7 heteroatoms. The van der Waals surface area contributed by atoms with Gasteiger partial charge >= 0.3 is 0 Å². The van der Waals surface area contributed by atoms with Gasteiger partial charge in [-0.1, -0.05) is 0 Å². The van der Waals surface area contributed by atoms with Gasteiger partial charge in [0.25, 0.3) is 0 Å². The van der Waals surface area contributed by atoms with Crippen LogP contribution in [0.25, 0.3) is 0 Å². The average molecular weight is 255 g/mol. The smallest absolute Gasteiger partial charge is 0.110 e. The van der Waals surface area contributed by atoms with E-state index in [0.717, 1.165) is 11.5 Å². The number of nitrogens with two attached hydrogens (primary N) is 1. The van der Waals surface area contributed by atoms with Gasteiger partial charge in [-0.05, 0) is 0 Å². The van der Waals surface area contributed by atoms with Crippen LogP contribution < -0.4 is 5.73 Å².